The molecular weight excluding hydrogens is 228 g/mol. The van der Waals surface area contributed by atoms with Crippen molar-refractivity contribution in [2.75, 3.05) is 20.2 Å². The van der Waals surface area contributed by atoms with Gasteiger partial charge in [-0.15, -0.1) is 0 Å². The molecule has 92 valence electrons. The lowest BCUT2D eigenvalue weighted by Crippen LogP contribution is -2.21. The first-order valence-electron chi connectivity index (χ1n) is 4.91. The highest BCUT2D eigenvalue weighted by Gasteiger charge is 2.26. The summed E-state index contributed by atoms with van der Waals surface area (Å²) in [7, 11) is 1.42. The normalized spacial score (nSPS) is 10.2. The van der Waals surface area contributed by atoms with E-state index in [1.807, 2.05) is 0 Å². The summed E-state index contributed by atoms with van der Waals surface area (Å²) < 4.78 is 5.04. The van der Waals surface area contributed by atoms with Crippen molar-refractivity contribution in [2.24, 2.45) is 0 Å². The first-order valence-corrected chi connectivity index (χ1v) is 4.91. The van der Waals surface area contributed by atoms with Gasteiger partial charge in [-0.1, -0.05) is 18.2 Å². The van der Waals surface area contributed by atoms with Crippen molar-refractivity contribution < 1.29 is 14.6 Å². The second-order valence-corrected chi connectivity index (χ2v) is 3.47. The maximum atomic E-state index is 10.5. The molecule has 17 heavy (non-hydrogen) atoms. The molecule has 0 aliphatic rings. The molecule has 0 atom stereocenters. The van der Waals surface area contributed by atoms with Gasteiger partial charge < -0.3 is 4.74 Å². The van der Waals surface area contributed by atoms with Gasteiger partial charge in [0.25, 0.3) is 0 Å². The van der Waals surface area contributed by atoms with Gasteiger partial charge in [0.05, 0.1) is 7.11 Å². The van der Waals surface area contributed by atoms with E-state index < -0.39 is 28.9 Å². The van der Waals surface area contributed by atoms with Crippen LogP contribution in [0.5, 0.6) is 5.75 Å². The Balaban J connectivity index is 3.02. The molecule has 0 radical (unpaired) electrons. The van der Waals surface area contributed by atoms with Gasteiger partial charge >= 0.3 is 0 Å². The van der Waals surface area contributed by atoms with E-state index in [2.05, 4.69) is 0 Å². The number of hydrogen-bond acceptors (Lipinski definition) is 5. The van der Waals surface area contributed by atoms with Crippen LogP contribution in [0.1, 0.15) is 11.5 Å². The standard InChI is InChI=1S/C10H12N2O5/c1-17-10-5-3-2-4-9(10)8(6-11(13)14)7-12(15)16/h2-5,8H,6-7H2,1H3. The zero-order valence-electron chi connectivity index (χ0n) is 9.24. The molecule has 0 aliphatic carbocycles. The van der Waals surface area contributed by atoms with E-state index in [9.17, 15) is 20.2 Å². The Morgan fingerprint density at radius 1 is 1.18 bits per heavy atom. The van der Waals surface area contributed by atoms with Crippen LogP contribution in [-0.4, -0.2) is 30.0 Å². The third kappa shape index (κ3) is 3.71. The highest BCUT2D eigenvalue weighted by Crippen LogP contribution is 2.26. The first kappa shape index (κ1) is 12.9. The zero-order valence-corrected chi connectivity index (χ0v) is 9.24. The van der Waals surface area contributed by atoms with Gasteiger partial charge in [-0.3, -0.25) is 20.2 Å². The Bertz CT molecular complexity index is 405. The summed E-state index contributed by atoms with van der Waals surface area (Å²) in [5.74, 6) is -0.350. The van der Waals surface area contributed by atoms with Gasteiger partial charge in [-0.25, -0.2) is 0 Å². The van der Waals surface area contributed by atoms with Crippen LogP contribution in [-0.2, 0) is 0 Å². The topological polar surface area (TPSA) is 95.5 Å². The Morgan fingerprint density at radius 2 is 1.71 bits per heavy atom. The van der Waals surface area contributed by atoms with Crippen LogP contribution >= 0.6 is 0 Å². The molecule has 0 saturated heterocycles. The number of nitro groups is 2. The number of nitrogens with zero attached hydrogens (tertiary/aromatic N) is 2. The molecule has 0 saturated carbocycles. The second-order valence-electron chi connectivity index (χ2n) is 3.47. The summed E-state index contributed by atoms with van der Waals surface area (Å²) in [6, 6.07) is 6.61. The highest BCUT2D eigenvalue weighted by atomic mass is 16.6. The van der Waals surface area contributed by atoms with E-state index in [1.54, 1.807) is 24.3 Å². The number of para-hydroxylation sites is 1. The van der Waals surface area contributed by atoms with Crippen LogP contribution in [0, 0.1) is 20.2 Å². The molecule has 1 aromatic rings. The molecule has 0 heterocycles. The third-order valence-electron chi connectivity index (χ3n) is 2.32. The van der Waals surface area contributed by atoms with Crippen LogP contribution in [0.4, 0.5) is 0 Å². The molecule has 0 unspecified atom stereocenters. The quantitative estimate of drug-likeness (QED) is 0.552. The predicted octanol–water partition coefficient (Wildman–Crippen LogP) is 1.33. The fraction of sp³-hybridized carbons (Fsp3) is 0.400. The minimum absolute atomic E-state index is 0.432. The van der Waals surface area contributed by atoms with Crippen molar-refractivity contribution in [1.29, 1.82) is 0 Å². The SMILES string of the molecule is COc1ccccc1C(C[N+](=O)[O-])C[N+](=O)[O-]. The summed E-state index contributed by atoms with van der Waals surface area (Å²) in [6.45, 7) is -0.970. The smallest absolute Gasteiger partial charge is 0.217 e. The lowest BCUT2D eigenvalue weighted by molar-refractivity contribution is -0.516. The summed E-state index contributed by atoms with van der Waals surface area (Å²) in [5, 5.41) is 21.0. The molecule has 1 rings (SSSR count). The van der Waals surface area contributed by atoms with Crippen molar-refractivity contribution >= 4 is 0 Å². The number of rotatable bonds is 6. The minimum atomic E-state index is -0.781. The zero-order chi connectivity index (χ0) is 12.8. The van der Waals surface area contributed by atoms with Crippen LogP contribution in [0.2, 0.25) is 0 Å². The summed E-state index contributed by atoms with van der Waals surface area (Å²) in [5.41, 5.74) is 0.489. The molecule has 0 amide bonds. The van der Waals surface area contributed by atoms with E-state index in [-0.39, 0.29) is 0 Å². The Kier molecular flexibility index (Phi) is 4.38. The Labute approximate surface area is 97.3 Å². The Morgan fingerprint density at radius 3 is 2.18 bits per heavy atom. The monoisotopic (exact) mass is 240 g/mol. The molecule has 7 nitrogen and oxygen atoms in total. The number of hydrogen-bond donors (Lipinski definition) is 0. The molecule has 0 N–H and O–H groups in total. The van der Waals surface area contributed by atoms with Gasteiger partial charge in [0.1, 0.15) is 11.7 Å². The van der Waals surface area contributed by atoms with Crippen molar-refractivity contribution in [3.63, 3.8) is 0 Å². The van der Waals surface area contributed by atoms with Crippen molar-refractivity contribution in [3.05, 3.63) is 50.1 Å². The number of benzene rings is 1. The molecule has 0 aromatic heterocycles. The molecule has 0 spiro atoms. The molecule has 1 aromatic carbocycles. The van der Waals surface area contributed by atoms with Crippen molar-refractivity contribution in [1.82, 2.24) is 0 Å². The molecule has 0 aliphatic heterocycles. The summed E-state index contributed by atoms with van der Waals surface area (Å²) >= 11 is 0. The predicted molar refractivity (Wildman–Crippen MR) is 59.5 cm³/mol. The number of methoxy groups -OCH3 is 1. The van der Waals surface area contributed by atoms with Crippen LogP contribution < -0.4 is 4.74 Å². The van der Waals surface area contributed by atoms with E-state index >= 15 is 0 Å². The number of ether oxygens (including phenoxy) is 1. The fourth-order valence-electron chi connectivity index (χ4n) is 1.62. The molecular formula is C10H12N2O5. The highest BCUT2D eigenvalue weighted by molar-refractivity contribution is 5.36. The maximum absolute atomic E-state index is 10.5. The van der Waals surface area contributed by atoms with E-state index in [0.29, 0.717) is 11.3 Å². The second kappa shape index (κ2) is 5.78. The average Bonchev–Trinajstić information content (AvgIpc) is 2.27. The van der Waals surface area contributed by atoms with E-state index in [4.69, 9.17) is 4.74 Å². The van der Waals surface area contributed by atoms with Gasteiger partial charge in [-0.2, -0.15) is 0 Å². The summed E-state index contributed by atoms with van der Waals surface area (Å²) in [4.78, 5) is 19.9. The van der Waals surface area contributed by atoms with Gasteiger partial charge in [0.2, 0.25) is 13.1 Å². The van der Waals surface area contributed by atoms with Crippen molar-refractivity contribution in [3.8, 4) is 5.75 Å². The van der Waals surface area contributed by atoms with Crippen LogP contribution in [0.15, 0.2) is 24.3 Å². The molecule has 0 fully saturated rings. The van der Waals surface area contributed by atoms with Gasteiger partial charge in [-0.05, 0) is 6.07 Å². The largest absolute Gasteiger partial charge is 0.496 e. The maximum Gasteiger partial charge on any atom is 0.217 e. The fourth-order valence-corrected chi connectivity index (χ4v) is 1.62. The third-order valence-corrected chi connectivity index (χ3v) is 2.32. The van der Waals surface area contributed by atoms with Crippen LogP contribution in [0.3, 0.4) is 0 Å². The molecule has 7 heteroatoms. The van der Waals surface area contributed by atoms with E-state index in [0.717, 1.165) is 0 Å². The average molecular weight is 240 g/mol. The first-order chi connectivity index (χ1) is 8.04. The summed E-state index contributed by atoms with van der Waals surface area (Å²) in [6.07, 6.45) is 0. The lowest BCUT2D eigenvalue weighted by Gasteiger charge is -2.12. The Hall–Kier alpha value is -2.18. The van der Waals surface area contributed by atoms with Crippen LogP contribution in [0.25, 0.3) is 0 Å². The minimum Gasteiger partial charge on any atom is -0.496 e. The molecule has 0 bridgehead atoms. The van der Waals surface area contributed by atoms with Gasteiger partial charge in [0, 0.05) is 15.4 Å². The van der Waals surface area contributed by atoms with Crippen molar-refractivity contribution in [2.45, 2.75) is 5.92 Å². The lowest BCUT2D eigenvalue weighted by atomic mass is 9.98. The van der Waals surface area contributed by atoms with E-state index in [1.165, 1.54) is 7.11 Å². The van der Waals surface area contributed by atoms with Gasteiger partial charge in [0.15, 0.2) is 0 Å².